The van der Waals surface area contributed by atoms with Crippen molar-refractivity contribution in [3.8, 4) is 11.5 Å². The standard InChI is InChI=1S/C25H35NO3/c1-25(2)17-21(14-16-29-25)24(20-7-11-23(28-4)12-8-20)13-15-26-18-19-5-9-22(27-3)10-6-19/h5-12,21,24,26H,13-18H2,1-4H3/p+1/t21-,24+/m1/s1. The lowest BCUT2D eigenvalue weighted by molar-refractivity contribution is -0.671. The Bertz CT molecular complexity index is 740. The molecule has 1 fully saturated rings. The highest BCUT2D eigenvalue weighted by atomic mass is 16.5. The predicted octanol–water partition coefficient (Wildman–Crippen LogP) is 4.15. The second-order valence-corrected chi connectivity index (χ2v) is 8.66. The van der Waals surface area contributed by atoms with Gasteiger partial charge in [-0.3, -0.25) is 0 Å². The number of hydrogen-bond acceptors (Lipinski definition) is 3. The molecule has 2 atom stereocenters. The van der Waals surface area contributed by atoms with Crippen molar-refractivity contribution in [2.24, 2.45) is 5.92 Å². The van der Waals surface area contributed by atoms with Crippen LogP contribution in [-0.2, 0) is 11.3 Å². The fourth-order valence-corrected chi connectivity index (χ4v) is 4.48. The van der Waals surface area contributed by atoms with Crippen molar-refractivity contribution in [1.29, 1.82) is 0 Å². The monoisotopic (exact) mass is 398 g/mol. The Morgan fingerprint density at radius 3 is 2.21 bits per heavy atom. The summed E-state index contributed by atoms with van der Waals surface area (Å²) < 4.78 is 16.6. The highest BCUT2D eigenvalue weighted by Gasteiger charge is 2.34. The zero-order chi connectivity index (χ0) is 20.7. The maximum absolute atomic E-state index is 5.98. The van der Waals surface area contributed by atoms with Gasteiger partial charge in [-0.05, 0) is 80.5 Å². The van der Waals surface area contributed by atoms with E-state index in [2.05, 4.69) is 55.6 Å². The maximum atomic E-state index is 5.98. The van der Waals surface area contributed by atoms with Crippen LogP contribution in [0.4, 0.5) is 0 Å². The minimum Gasteiger partial charge on any atom is -0.497 e. The van der Waals surface area contributed by atoms with E-state index >= 15 is 0 Å². The largest absolute Gasteiger partial charge is 0.497 e. The van der Waals surface area contributed by atoms with Crippen LogP contribution in [0.5, 0.6) is 11.5 Å². The average molecular weight is 399 g/mol. The van der Waals surface area contributed by atoms with Gasteiger partial charge in [0.1, 0.15) is 18.0 Å². The zero-order valence-corrected chi connectivity index (χ0v) is 18.3. The molecule has 0 bridgehead atoms. The third kappa shape index (κ3) is 6.22. The van der Waals surface area contributed by atoms with Gasteiger partial charge in [0, 0.05) is 18.6 Å². The molecule has 1 aliphatic rings. The molecule has 2 aromatic rings. The third-order valence-electron chi connectivity index (χ3n) is 6.07. The van der Waals surface area contributed by atoms with E-state index < -0.39 is 0 Å². The zero-order valence-electron chi connectivity index (χ0n) is 18.3. The van der Waals surface area contributed by atoms with Crippen LogP contribution in [0.2, 0.25) is 0 Å². The Labute approximate surface area is 175 Å². The number of nitrogens with two attached hydrogens (primary N) is 1. The van der Waals surface area contributed by atoms with Gasteiger partial charge in [-0.15, -0.1) is 0 Å². The van der Waals surface area contributed by atoms with Gasteiger partial charge in [-0.2, -0.15) is 0 Å². The summed E-state index contributed by atoms with van der Waals surface area (Å²) >= 11 is 0. The number of benzene rings is 2. The van der Waals surface area contributed by atoms with Crippen LogP contribution >= 0.6 is 0 Å². The van der Waals surface area contributed by atoms with Gasteiger partial charge < -0.3 is 19.5 Å². The molecule has 1 aliphatic heterocycles. The van der Waals surface area contributed by atoms with E-state index in [-0.39, 0.29) is 5.60 Å². The van der Waals surface area contributed by atoms with Crippen molar-refractivity contribution >= 4 is 0 Å². The first-order valence-corrected chi connectivity index (χ1v) is 10.7. The SMILES string of the molecule is COc1ccc(C[NH2+]CC[C@@H](c2ccc(OC)cc2)[C@@H]2CCOC(C)(C)C2)cc1. The summed E-state index contributed by atoms with van der Waals surface area (Å²) in [5.41, 5.74) is 2.73. The van der Waals surface area contributed by atoms with Crippen LogP contribution in [-0.4, -0.2) is 33.0 Å². The summed E-state index contributed by atoms with van der Waals surface area (Å²) in [4.78, 5) is 0. The number of quaternary nitrogens is 1. The van der Waals surface area contributed by atoms with Crippen LogP contribution in [0, 0.1) is 5.92 Å². The molecular formula is C25H36NO3+. The lowest BCUT2D eigenvalue weighted by Crippen LogP contribution is -2.82. The molecule has 0 saturated carbocycles. The Balaban J connectivity index is 1.62. The van der Waals surface area contributed by atoms with E-state index in [1.165, 1.54) is 17.5 Å². The molecule has 4 nitrogen and oxygen atoms in total. The Hall–Kier alpha value is -2.04. The first-order valence-electron chi connectivity index (χ1n) is 10.7. The van der Waals surface area contributed by atoms with Crippen molar-refractivity contribution in [3.05, 3.63) is 59.7 Å². The summed E-state index contributed by atoms with van der Waals surface area (Å²) in [5.74, 6) is 3.04. The summed E-state index contributed by atoms with van der Waals surface area (Å²) in [6.45, 7) is 7.42. The molecule has 4 heteroatoms. The van der Waals surface area contributed by atoms with Gasteiger partial charge in [0.05, 0.1) is 26.4 Å². The first-order chi connectivity index (χ1) is 14.0. The maximum Gasteiger partial charge on any atom is 0.118 e. The van der Waals surface area contributed by atoms with Gasteiger partial charge >= 0.3 is 0 Å². The van der Waals surface area contributed by atoms with E-state index in [1.807, 2.05) is 12.1 Å². The molecule has 1 saturated heterocycles. The second-order valence-electron chi connectivity index (χ2n) is 8.66. The van der Waals surface area contributed by atoms with Crippen molar-refractivity contribution in [1.82, 2.24) is 0 Å². The number of rotatable bonds is 9. The molecule has 2 N–H and O–H groups in total. The van der Waals surface area contributed by atoms with Gasteiger partial charge in [-0.1, -0.05) is 12.1 Å². The van der Waals surface area contributed by atoms with Gasteiger partial charge in [-0.25, -0.2) is 0 Å². The lowest BCUT2D eigenvalue weighted by atomic mass is 9.75. The quantitative estimate of drug-likeness (QED) is 0.646. The van der Waals surface area contributed by atoms with Crippen molar-refractivity contribution in [2.45, 2.75) is 51.2 Å². The summed E-state index contributed by atoms with van der Waals surface area (Å²) in [7, 11) is 3.43. The number of methoxy groups -OCH3 is 2. The summed E-state index contributed by atoms with van der Waals surface area (Å²) in [6.07, 6.45) is 3.42. The molecule has 29 heavy (non-hydrogen) atoms. The smallest absolute Gasteiger partial charge is 0.118 e. The molecule has 0 aliphatic carbocycles. The predicted molar refractivity (Wildman–Crippen MR) is 117 cm³/mol. The third-order valence-corrected chi connectivity index (χ3v) is 6.07. The second kappa shape index (κ2) is 10.1. The normalized spacial score (nSPS) is 19.5. The van der Waals surface area contributed by atoms with Crippen LogP contribution in [0.15, 0.2) is 48.5 Å². The molecule has 158 valence electrons. The highest BCUT2D eigenvalue weighted by molar-refractivity contribution is 5.30. The van der Waals surface area contributed by atoms with E-state index in [9.17, 15) is 0 Å². The molecule has 0 amide bonds. The van der Waals surface area contributed by atoms with E-state index in [0.29, 0.717) is 11.8 Å². The van der Waals surface area contributed by atoms with Crippen molar-refractivity contribution in [3.63, 3.8) is 0 Å². The van der Waals surface area contributed by atoms with Gasteiger partial charge in [0.25, 0.3) is 0 Å². The van der Waals surface area contributed by atoms with Crippen LogP contribution in [0.1, 0.15) is 50.2 Å². The summed E-state index contributed by atoms with van der Waals surface area (Å²) in [6, 6.07) is 17.0. The van der Waals surface area contributed by atoms with Crippen molar-refractivity contribution < 1.29 is 19.5 Å². The fourth-order valence-electron chi connectivity index (χ4n) is 4.48. The first kappa shape index (κ1) is 21.7. The Morgan fingerprint density at radius 2 is 1.62 bits per heavy atom. The molecular weight excluding hydrogens is 362 g/mol. The molecule has 3 rings (SSSR count). The average Bonchev–Trinajstić information content (AvgIpc) is 2.73. The van der Waals surface area contributed by atoms with E-state index in [1.54, 1.807) is 14.2 Å². The molecule has 0 radical (unpaired) electrons. The van der Waals surface area contributed by atoms with Crippen LogP contribution < -0.4 is 14.8 Å². The van der Waals surface area contributed by atoms with Crippen molar-refractivity contribution in [2.75, 3.05) is 27.4 Å². The van der Waals surface area contributed by atoms with Crippen LogP contribution in [0.3, 0.4) is 0 Å². The number of ether oxygens (including phenoxy) is 3. The molecule has 1 heterocycles. The Kier molecular flexibility index (Phi) is 7.57. The Morgan fingerprint density at radius 1 is 1.00 bits per heavy atom. The number of hydrogen-bond donors (Lipinski definition) is 1. The summed E-state index contributed by atoms with van der Waals surface area (Å²) in [5, 5.41) is 2.42. The van der Waals surface area contributed by atoms with E-state index in [0.717, 1.165) is 44.0 Å². The molecule has 0 aromatic heterocycles. The molecule has 2 aromatic carbocycles. The van der Waals surface area contributed by atoms with Gasteiger partial charge in [0.2, 0.25) is 0 Å². The lowest BCUT2D eigenvalue weighted by Gasteiger charge is -2.39. The highest BCUT2D eigenvalue weighted by Crippen LogP contribution is 2.40. The topological polar surface area (TPSA) is 44.3 Å². The molecule has 0 unspecified atom stereocenters. The minimum atomic E-state index is -0.0273. The van der Waals surface area contributed by atoms with E-state index in [4.69, 9.17) is 14.2 Å². The molecule has 0 spiro atoms. The van der Waals surface area contributed by atoms with Gasteiger partial charge in [0.15, 0.2) is 0 Å². The minimum absolute atomic E-state index is 0.0273. The fraction of sp³-hybridized carbons (Fsp3) is 0.520. The van der Waals surface area contributed by atoms with Crippen LogP contribution in [0.25, 0.3) is 0 Å².